The van der Waals surface area contributed by atoms with Crippen molar-refractivity contribution < 1.29 is 0 Å². The number of rotatable bonds is 4. The summed E-state index contributed by atoms with van der Waals surface area (Å²) in [7, 11) is 0. The van der Waals surface area contributed by atoms with Crippen LogP contribution in [0.15, 0.2) is 170 Å². The Morgan fingerprint density at radius 3 is 1.87 bits per heavy atom. The lowest BCUT2D eigenvalue weighted by molar-refractivity contribution is 1.10. The lowest BCUT2D eigenvalue weighted by atomic mass is 9.90. The van der Waals surface area contributed by atoms with Crippen LogP contribution < -0.4 is 0 Å². The van der Waals surface area contributed by atoms with Crippen molar-refractivity contribution in [3.05, 3.63) is 170 Å². The van der Waals surface area contributed by atoms with E-state index in [4.69, 9.17) is 4.98 Å². The van der Waals surface area contributed by atoms with Crippen LogP contribution in [0.25, 0.3) is 93.5 Å². The molecule has 0 N–H and O–H groups in total. The van der Waals surface area contributed by atoms with Crippen molar-refractivity contribution in [1.82, 2.24) is 9.55 Å². The van der Waals surface area contributed by atoms with Crippen molar-refractivity contribution in [3.8, 4) is 39.3 Å². The molecule has 218 valence electrons. The molecule has 9 aromatic carbocycles. The molecule has 0 aliphatic rings. The van der Waals surface area contributed by atoms with Crippen LogP contribution in [0.2, 0.25) is 0 Å². The number of aromatic nitrogens is 2. The minimum atomic E-state index is 0.936. The Bertz CT molecular complexity index is 2750. The lowest BCUT2D eigenvalue weighted by Crippen LogP contribution is -1.97. The van der Waals surface area contributed by atoms with Crippen molar-refractivity contribution in [2.45, 2.75) is 0 Å². The Labute approximate surface area is 272 Å². The molecular weight excluding hydrogens is 569 g/mol. The second-order valence-corrected chi connectivity index (χ2v) is 12.4. The maximum Gasteiger partial charge on any atom is 0.145 e. The van der Waals surface area contributed by atoms with Crippen LogP contribution in [0, 0.1) is 0 Å². The van der Waals surface area contributed by atoms with Gasteiger partial charge in [-0.3, -0.25) is 4.57 Å². The van der Waals surface area contributed by atoms with E-state index in [0.717, 1.165) is 28.1 Å². The van der Waals surface area contributed by atoms with E-state index in [1.165, 1.54) is 65.3 Å². The molecular formula is C45H28N2. The number of benzene rings is 9. The van der Waals surface area contributed by atoms with Gasteiger partial charge in [-0.2, -0.15) is 0 Å². The molecule has 1 aromatic heterocycles. The first-order valence-corrected chi connectivity index (χ1v) is 16.1. The molecule has 10 rings (SSSR count). The SMILES string of the molecule is c1ccc(-c2nc3cc(-c4cccc5ccccc45)ccc3n2-c2ccc(-c3ccc4ccc5cccc6ccc3c4c56)cc2)cc1. The maximum absolute atomic E-state index is 5.26. The molecule has 0 saturated heterocycles. The summed E-state index contributed by atoms with van der Waals surface area (Å²) in [5, 5.41) is 10.3. The topological polar surface area (TPSA) is 17.8 Å². The van der Waals surface area contributed by atoms with E-state index in [1.807, 2.05) is 0 Å². The van der Waals surface area contributed by atoms with Gasteiger partial charge in [-0.25, -0.2) is 4.98 Å². The number of imidazole rings is 1. The molecule has 2 heteroatoms. The van der Waals surface area contributed by atoms with Gasteiger partial charge in [0.15, 0.2) is 0 Å². The van der Waals surface area contributed by atoms with Crippen LogP contribution >= 0.6 is 0 Å². The normalized spacial score (nSPS) is 11.8. The van der Waals surface area contributed by atoms with E-state index in [-0.39, 0.29) is 0 Å². The summed E-state index contributed by atoms with van der Waals surface area (Å²) in [6.45, 7) is 0. The van der Waals surface area contributed by atoms with Crippen LogP contribution in [0.3, 0.4) is 0 Å². The molecule has 0 spiro atoms. The first kappa shape index (κ1) is 26.0. The highest BCUT2D eigenvalue weighted by Gasteiger charge is 2.17. The van der Waals surface area contributed by atoms with E-state index < -0.39 is 0 Å². The van der Waals surface area contributed by atoms with Gasteiger partial charge in [0.1, 0.15) is 5.82 Å². The van der Waals surface area contributed by atoms with Gasteiger partial charge in [-0.1, -0.05) is 146 Å². The molecule has 47 heavy (non-hydrogen) atoms. The molecule has 0 amide bonds. The average molecular weight is 597 g/mol. The largest absolute Gasteiger partial charge is 0.292 e. The smallest absolute Gasteiger partial charge is 0.145 e. The predicted molar refractivity (Wildman–Crippen MR) is 199 cm³/mol. The second kappa shape index (κ2) is 10.1. The van der Waals surface area contributed by atoms with Crippen LogP contribution in [0.1, 0.15) is 0 Å². The summed E-state index contributed by atoms with van der Waals surface area (Å²) < 4.78 is 2.30. The first-order valence-electron chi connectivity index (χ1n) is 16.1. The molecule has 1 heterocycles. The number of fused-ring (bicyclic) bond motifs is 2. The predicted octanol–water partition coefficient (Wildman–Crippen LogP) is 12.1. The molecule has 0 radical (unpaired) electrons. The molecule has 10 aromatic rings. The molecule has 0 aliphatic heterocycles. The van der Waals surface area contributed by atoms with Gasteiger partial charge >= 0.3 is 0 Å². The Kier molecular flexibility index (Phi) is 5.61. The molecule has 2 nitrogen and oxygen atoms in total. The van der Waals surface area contributed by atoms with Gasteiger partial charge in [0.05, 0.1) is 11.0 Å². The summed E-state index contributed by atoms with van der Waals surface area (Å²) in [5.74, 6) is 0.936. The van der Waals surface area contributed by atoms with Crippen LogP contribution in [0.4, 0.5) is 0 Å². The zero-order valence-electron chi connectivity index (χ0n) is 25.6. The van der Waals surface area contributed by atoms with Crippen molar-refractivity contribution >= 4 is 54.1 Å². The average Bonchev–Trinajstić information content (AvgIpc) is 3.53. The molecule has 0 aliphatic carbocycles. The van der Waals surface area contributed by atoms with E-state index in [1.54, 1.807) is 0 Å². The van der Waals surface area contributed by atoms with Crippen LogP contribution in [0.5, 0.6) is 0 Å². The third-order valence-corrected chi connectivity index (χ3v) is 9.75. The van der Waals surface area contributed by atoms with Crippen molar-refractivity contribution in [2.24, 2.45) is 0 Å². The Morgan fingerprint density at radius 1 is 0.383 bits per heavy atom. The minimum Gasteiger partial charge on any atom is -0.292 e. The number of hydrogen-bond acceptors (Lipinski definition) is 1. The third-order valence-electron chi connectivity index (χ3n) is 9.75. The maximum atomic E-state index is 5.26. The van der Waals surface area contributed by atoms with Gasteiger partial charge in [0, 0.05) is 11.3 Å². The fourth-order valence-corrected chi connectivity index (χ4v) is 7.54. The van der Waals surface area contributed by atoms with Gasteiger partial charge in [-0.05, 0) is 89.6 Å². The number of nitrogens with zero attached hydrogens (tertiary/aromatic N) is 2. The van der Waals surface area contributed by atoms with Gasteiger partial charge in [-0.15, -0.1) is 0 Å². The quantitative estimate of drug-likeness (QED) is 0.185. The first-order chi connectivity index (χ1) is 23.3. The summed E-state index contributed by atoms with van der Waals surface area (Å²) >= 11 is 0. The fraction of sp³-hybridized carbons (Fsp3) is 0. The van der Waals surface area contributed by atoms with Gasteiger partial charge in [0.25, 0.3) is 0 Å². The highest BCUT2D eigenvalue weighted by molar-refractivity contribution is 6.25. The Morgan fingerprint density at radius 2 is 1.02 bits per heavy atom. The van der Waals surface area contributed by atoms with E-state index in [2.05, 4.69) is 174 Å². The molecule has 0 unspecified atom stereocenters. The van der Waals surface area contributed by atoms with Crippen molar-refractivity contribution in [3.63, 3.8) is 0 Å². The van der Waals surface area contributed by atoms with Crippen LogP contribution in [-0.4, -0.2) is 9.55 Å². The van der Waals surface area contributed by atoms with Gasteiger partial charge < -0.3 is 0 Å². The van der Waals surface area contributed by atoms with Crippen LogP contribution in [-0.2, 0) is 0 Å². The van der Waals surface area contributed by atoms with E-state index in [9.17, 15) is 0 Å². The standard InChI is InChI=1S/C45H28N2/c1-2-9-34(10-3-1)45-46-41-28-35(38-15-7-11-29-8-4-5-14-37(29)38)22-27-42(41)47(45)36-23-18-30(19-24-36)39-25-20-33-17-16-31-12-6-13-32-21-26-40(39)44(33)43(31)32/h1-28H. The summed E-state index contributed by atoms with van der Waals surface area (Å²) in [5.41, 5.74) is 9.09. The molecule has 0 atom stereocenters. The Balaban J connectivity index is 1.13. The van der Waals surface area contributed by atoms with E-state index in [0.29, 0.717) is 0 Å². The fourth-order valence-electron chi connectivity index (χ4n) is 7.54. The molecule has 0 bridgehead atoms. The van der Waals surface area contributed by atoms with Crippen molar-refractivity contribution in [1.29, 1.82) is 0 Å². The summed E-state index contributed by atoms with van der Waals surface area (Å²) in [4.78, 5) is 5.26. The zero-order valence-corrected chi connectivity index (χ0v) is 25.6. The molecule has 0 saturated carbocycles. The summed E-state index contributed by atoms with van der Waals surface area (Å²) in [6.07, 6.45) is 0. The Hall–Kier alpha value is -6.25. The van der Waals surface area contributed by atoms with Crippen molar-refractivity contribution in [2.75, 3.05) is 0 Å². The third kappa shape index (κ3) is 4.02. The monoisotopic (exact) mass is 596 g/mol. The lowest BCUT2D eigenvalue weighted by Gasteiger charge is -2.15. The highest BCUT2D eigenvalue weighted by Crippen LogP contribution is 2.40. The van der Waals surface area contributed by atoms with E-state index >= 15 is 0 Å². The van der Waals surface area contributed by atoms with Gasteiger partial charge in [0.2, 0.25) is 0 Å². The zero-order chi connectivity index (χ0) is 30.9. The highest BCUT2D eigenvalue weighted by atomic mass is 15.1. The summed E-state index contributed by atoms with van der Waals surface area (Å²) in [6, 6.07) is 61.4. The minimum absolute atomic E-state index is 0.936. The second-order valence-electron chi connectivity index (χ2n) is 12.4. The number of hydrogen-bond donors (Lipinski definition) is 0. The molecule has 0 fully saturated rings.